The van der Waals surface area contributed by atoms with Crippen LogP contribution in [-0.2, 0) is 15.1 Å². The molecule has 4 rings (SSSR count). The Balaban J connectivity index is 1.50. The Bertz CT molecular complexity index is 805. The van der Waals surface area contributed by atoms with E-state index in [4.69, 9.17) is 9.47 Å². The first-order chi connectivity index (χ1) is 13.5. The van der Waals surface area contributed by atoms with Gasteiger partial charge in [0.2, 0.25) is 5.91 Å². The van der Waals surface area contributed by atoms with E-state index in [9.17, 15) is 14.4 Å². The van der Waals surface area contributed by atoms with Gasteiger partial charge in [0.1, 0.15) is 12.1 Å². The number of urea groups is 1. The van der Waals surface area contributed by atoms with E-state index in [0.717, 1.165) is 37.0 Å². The van der Waals surface area contributed by atoms with Crippen LogP contribution in [-0.4, -0.2) is 48.5 Å². The SMILES string of the molecule is C[C@]1(c2ccc3c(c2)OCCCO3)NC(=O)N(CC(=O)NC2CCCC2)C1=O. The molecule has 8 heteroatoms. The zero-order valence-electron chi connectivity index (χ0n) is 16.0. The van der Waals surface area contributed by atoms with Gasteiger partial charge >= 0.3 is 6.03 Å². The van der Waals surface area contributed by atoms with Gasteiger partial charge in [0.25, 0.3) is 5.91 Å². The molecule has 1 aliphatic carbocycles. The summed E-state index contributed by atoms with van der Waals surface area (Å²) < 4.78 is 11.3. The molecule has 0 bridgehead atoms. The molecule has 28 heavy (non-hydrogen) atoms. The Morgan fingerprint density at radius 3 is 2.64 bits per heavy atom. The minimum absolute atomic E-state index is 0.140. The number of rotatable bonds is 4. The van der Waals surface area contributed by atoms with E-state index in [2.05, 4.69) is 10.6 Å². The quantitative estimate of drug-likeness (QED) is 0.766. The summed E-state index contributed by atoms with van der Waals surface area (Å²) in [5.41, 5.74) is -0.663. The highest BCUT2D eigenvalue weighted by Crippen LogP contribution is 2.36. The Hall–Kier alpha value is -2.77. The van der Waals surface area contributed by atoms with Crippen LogP contribution in [0.4, 0.5) is 4.79 Å². The monoisotopic (exact) mass is 387 g/mol. The van der Waals surface area contributed by atoms with Crippen molar-refractivity contribution in [3.8, 4) is 11.5 Å². The summed E-state index contributed by atoms with van der Waals surface area (Å²) in [7, 11) is 0. The third-order valence-electron chi connectivity index (χ3n) is 5.62. The molecule has 3 aliphatic rings. The van der Waals surface area contributed by atoms with Crippen molar-refractivity contribution < 1.29 is 23.9 Å². The van der Waals surface area contributed by atoms with E-state index in [1.165, 1.54) is 0 Å². The Kier molecular flexibility index (Phi) is 4.87. The second kappa shape index (κ2) is 7.33. The minimum atomic E-state index is -1.25. The zero-order chi connectivity index (χ0) is 19.7. The van der Waals surface area contributed by atoms with Gasteiger partial charge in [-0.15, -0.1) is 0 Å². The molecule has 0 spiro atoms. The first kappa shape index (κ1) is 18.6. The summed E-state index contributed by atoms with van der Waals surface area (Å²) in [6.07, 6.45) is 4.86. The summed E-state index contributed by atoms with van der Waals surface area (Å²) in [4.78, 5) is 38.8. The molecule has 150 valence electrons. The van der Waals surface area contributed by atoms with Crippen LogP contribution in [0.3, 0.4) is 0 Å². The number of ether oxygens (including phenoxy) is 2. The summed E-state index contributed by atoms with van der Waals surface area (Å²) in [6, 6.07) is 4.78. The number of carbonyl (C=O) groups excluding carboxylic acids is 3. The molecule has 0 radical (unpaired) electrons. The second-order valence-corrected chi connectivity index (χ2v) is 7.71. The van der Waals surface area contributed by atoms with Crippen molar-refractivity contribution in [2.75, 3.05) is 19.8 Å². The molecule has 1 aromatic carbocycles. The van der Waals surface area contributed by atoms with Gasteiger partial charge < -0.3 is 20.1 Å². The molecule has 0 unspecified atom stereocenters. The van der Waals surface area contributed by atoms with Crippen molar-refractivity contribution in [1.29, 1.82) is 0 Å². The lowest BCUT2D eigenvalue weighted by Crippen LogP contribution is -2.45. The maximum absolute atomic E-state index is 13.0. The first-order valence-corrected chi connectivity index (χ1v) is 9.81. The molecule has 8 nitrogen and oxygen atoms in total. The lowest BCUT2D eigenvalue weighted by molar-refractivity contribution is -0.135. The normalized spacial score (nSPS) is 24.8. The Morgan fingerprint density at radius 1 is 1.18 bits per heavy atom. The van der Waals surface area contributed by atoms with Crippen molar-refractivity contribution in [2.24, 2.45) is 0 Å². The van der Waals surface area contributed by atoms with Crippen LogP contribution in [0.1, 0.15) is 44.6 Å². The topological polar surface area (TPSA) is 97.0 Å². The third-order valence-corrected chi connectivity index (χ3v) is 5.62. The predicted molar refractivity (Wildman–Crippen MR) is 100 cm³/mol. The third kappa shape index (κ3) is 3.39. The van der Waals surface area contributed by atoms with Crippen molar-refractivity contribution >= 4 is 17.8 Å². The number of hydrogen-bond acceptors (Lipinski definition) is 5. The largest absolute Gasteiger partial charge is 0.490 e. The number of nitrogens with one attached hydrogen (secondary N) is 2. The summed E-state index contributed by atoms with van der Waals surface area (Å²) in [5.74, 6) is 0.414. The van der Waals surface area contributed by atoms with Crippen molar-refractivity contribution in [2.45, 2.75) is 50.6 Å². The minimum Gasteiger partial charge on any atom is -0.490 e. The second-order valence-electron chi connectivity index (χ2n) is 7.71. The highest BCUT2D eigenvalue weighted by molar-refractivity contribution is 6.09. The number of benzene rings is 1. The van der Waals surface area contributed by atoms with Crippen LogP contribution in [0.2, 0.25) is 0 Å². The fraction of sp³-hybridized carbons (Fsp3) is 0.550. The van der Waals surface area contributed by atoms with Crippen molar-refractivity contribution in [3.63, 3.8) is 0 Å². The maximum Gasteiger partial charge on any atom is 0.325 e. The Labute approximate surface area is 163 Å². The molecule has 1 aromatic rings. The van der Waals surface area contributed by atoms with Crippen molar-refractivity contribution in [1.82, 2.24) is 15.5 Å². The van der Waals surface area contributed by atoms with Crippen LogP contribution in [0, 0.1) is 0 Å². The molecule has 4 amide bonds. The lowest BCUT2D eigenvalue weighted by Gasteiger charge is -2.23. The molecule has 2 N–H and O–H groups in total. The molecule has 2 aliphatic heterocycles. The van der Waals surface area contributed by atoms with Crippen LogP contribution >= 0.6 is 0 Å². The van der Waals surface area contributed by atoms with Gasteiger partial charge in [-0.2, -0.15) is 0 Å². The highest BCUT2D eigenvalue weighted by atomic mass is 16.5. The fourth-order valence-electron chi connectivity index (χ4n) is 4.00. The smallest absolute Gasteiger partial charge is 0.325 e. The lowest BCUT2D eigenvalue weighted by atomic mass is 9.91. The van der Waals surface area contributed by atoms with Crippen LogP contribution in [0.15, 0.2) is 18.2 Å². The van der Waals surface area contributed by atoms with Gasteiger partial charge in [0.15, 0.2) is 11.5 Å². The number of imide groups is 1. The number of hydrogen-bond donors (Lipinski definition) is 2. The maximum atomic E-state index is 13.0. The van der Waals surface area contributed by atoms with Gasteiger partial charge in [-0.3, -0.25) is 14.5 Å². The fourth-order valence-corrected chi connectivity index (χ4v) is 4.00. The Morgan fingerprint density at radius 2 is 1.89 bits per heavy atom. The molecule has 1 atom stereocenters. The summed E-state index contributed by atoms with van der Waals surface area (Å²) in [5, 5.41) is 5.64. The van der Waals surface area contributed by atoms with Gasteiger partial charge in [-0.25, -0.2) is 4.79 Å². The van der Waals surface area contributed by atoms with E-state index < -0.39 is 17.5 Å². The molecular weight excluding hydrogens is 362 g/mol. The molecule has 2 heterocycles. The number of carbonyl (C=O) groups is 3. The molecule has 2 fully saturated rings. The summed E-state index contributed by atoms with van der Waals surface area (Å²) in [6.45, 7) is 2.47. The summed E-state index contributed by atoms with van der Waals surface area (Å²) >= 11 is 0. The zero-order valence-corrected chi connectivity index (χ0v) is 16.0. The van der Waals surface area contributed by atoms with Crippen molar-refractivity contribution in [3.05, 3.63) is 23.8 Å². The number of fused-ring (bicyclic) bond motifs is 1. The van der Waals surface area contributed by atoms with E-state index in [1.807, 2.05) is 0 Å². The average Bonchev–Trinajstić information content (AvgIpc) is 3.15. The predicted octanol–water partition coefficient (Wildman–Crippen LogP) is 1.67. The van der Waals surface area contributed by atoms with Gasteiger partial charge in [0.05, 0.1) is 13.2 Å². The number of amides is 4. The highest BCUT2D eigenvalue weighted by Gasteiger charge is 2.49. The number of nitrogens with zero attached hydrogens (tertiary/aromatic N) is 1. The molecule has 0 aromatic heterocycles. The molecule has 1 saturated heterocycles. The molecular formula is C20H25N3O5. The van der Waals surface area contributed by atoms with Crippen LogP contribution in [0.5, 0.6) is 11.5 Å². The standard InChI is InChI=1S/C20H25N3O5/c1-20(13-7-8-15-16(11-13)28-10-4-9-27-15)18(25)23(19(26)22-20)12-17(24)21-14-5-2-3-6-14/h7-8,11,14H,2-6,9-10,12H2,1H3,(H,21,24)(H,22,26)/t20-/m1/s1. The van der Waals surface area contributed by atoms with Gasteiger partial charge in [-0.1, -0.05) is 18.9 Å². The van der Waals surface area contributed by atoms with Gasteiger partial charge in [-0.05, 0) is 37.5 Å². The van der Waals surface area contributed by atoms with Gasteiger partial charge in [0, 0.05) is 12.5 Å². The first-order valence-electron chi connectivity index (χ1n) is 9.81. The van der Waals surface area contributed by atoms with E-state index in [0.29, 0.717) is 30.3 Å². The van der Waals surface area contributed by atoms with E-state index >= 15 is 0 Å². The average molecular weight is 387 g/mol. The van der Waals surface area contributed by atoms with Crippen LogP contribution < -0.4 is 20.1 Å². The molecule has 1 saturated carbocycles. The van der Waals surface area contributed by atoms with Crippen LogP contribution in [0.25, 0.3) is 0 Å². The van der Waals surface area contributed by atoms with E-state index in [-0.39, 0.29) is 18.5 Å². The van der Waals surface area contributed by atoms with E-state index in [1.54, 1.807) is 25.1 Å².